The molecule has 1 aliphatic carbocycles. The molecule has 0 amide bonds. The van der Waals surface area contributed by atoms with Crippen molar-refractivity contribution in [3.05, 3.63) is 40.9 Å². The molecule has 1 aliphatic heterocycles. The molecule has 0 aromatic carbocycles. The molecule has 4 rings (SSSR count). The van der Waals surface area contributed by atoms with Gasteiger partial charge in [0.05, 0.1) is 30.4 Å². The molecule has 2 N–H and O–H groups in total. The Morgan fingerprint density at radius 2 is 2.26 bits per heavy atom. The van der Waals surface area contributed by atoms with Crippen molar-refractivity contribution in [1.29, 1.82) is 5.26 Å². The first-order valence-electron chi connectivity index (χ1n) is 8.24. The van der Waals surface area contributed by atoms with Gasteiger partial charge in [0.25, 0.3) is 0 Å². The Bertz CT molecular complexity index is 846. The van der Waals surface area contributed by atoms with Gasteiger partial charge < -0.3 is 10.3 Å². The van der Waals surface area contributed by atoms with Gasteiger partial charge in [0.1, 0.15) is 12.2 Å². The molecule has 3 heterocycles. The van der Waals surface area contributed by atoms with Crippen molar-refractivity contribution >= 4 is 5.70 Å². The van der Waals surface area contributed by atoms with Crippen molar-refractivity contribution in [3.63, 3.8) is 0 Å². The summed E-state index contributed by atoms with van der Waals surface area (Å²) in [4.78, 5) is 7.56. The molecule has 0 spiro atoms. The van der Waals surface area contributed by atoms with Crippen LogP contribution in [0.1, 0.15) is 43.7 Å². The van der Waals surface area contributed by atoms with E-state index in [2.05, 4.69) is 32.7 Å². The summed E-state index contributed by atoms with van der Waals surface area (Å²) in [6, 6.07) is 4.56. The van der Waals surface area contributed by atoms with Crippen LogP contribution < -0.4 is 16.0 Å². The van der Waals surface area contributed by atoms with E-state index in [4.69, 9.17) is 0 Å². The first kappa shape index (κ1) is 14.1. The minimum atomic E-state index is 0.191. The van der Waals surface area contributed by atoms with Gasteiger partial charge in [-0.2, -0.15) is 10.4 Å². The minimum Gasteiger partial charge on any atom is -0.365 e. The lowest BCUT2D eigenvalue weighted by Gasteiger charge is -2.21. The van der Waals surface area contributed by atoms with Crippen LogP contribution >= 0.6 is 0 Å². The van der Waals surface area contributed by atoms with Gasteiger partial charge in [-0.3, -0.25) is 4.68 Å². The number of fused-ring (bicyclic) bond motifs is 1. The van der Waals surface area contributed by atoms with E-state index in [1.165, 1.54) is 25.7 Å². The summed E-state index contributed by atoms with van der Waals surface area (Å²) >= 11 is 0. The van der Waals surface area contributed by atoms with E-state index in [0.29, 0.717) is 19.0 Å². The Labute approximate surface area is 134 Å². The van der Waals surface area contributed by atoms with Crippen LogP contribution in [0.2, 0.25) is 0 Å². The maximum Gasteiger partial charge on any atom is 0.136 e. The monoisotopic (exact) mass is 308 g/mol. The lowest BCUT2D eigenvalue weighted by molar-refractivity contribution is 0.314. The van der Waals surface area contributed by atoms with E-state index in [9.17, 15) is 5.26 Å². The van der Waals surface area contributed by atoms with Crippen LogP contribution in [0.15, 0.2) is 29.6 Å². The summed E-state index contributed by atoms with van der Waals surface area (Å²) in [5.41, 5.74) is 3.03. The van der Waals surface area contributed by atoms with Gasteiger partial charge in [-0.1, -0.05) is 12.8 Å². The predicted molar refractivity (Wildman–Crippen MR) is 85.5 cm³/mol. The molecular weight excluding hydrogens is 288 g/mol. The van der Waals surface area contributed by atoms with Crippen molar-refractivity contribution in [3.8, 4) is 6.07 Å². The Balaban J connectivity index is 1.70. The largest absolute Gasteiger partial charge is 0.365 e. The number of hydrogen-bond acceptors (Lipinski definition) is 4. The fraction of sp³-hybridized carbons (Fsp3) is 0.471. The van der Waals surface area contributed by atoms with Crippen LogP contribution in [-0.2, 0) is 0 Å². The molecule has 2 aromatic rings. The summed E-state index contributed by atoms with van der Waals surface area (Å²) in [7, 11) is 0. The average molecular weight is 308 g/mol. The summed E-state index contributed by atoms with van der Waals surface area (Å²) in [5.74, 6) is 0.574. The average Bonchev–Trinajstić information content (AvgIpc) is 3.32. The van der Waals surface area contributed by atoms with Crippen LogP contribution in [0.3, 0.4) is 0 Å². The lowest BCUT2D eigenvalue weighted by Crippen LogP contribution is -2.37. The summed E-state index contributed by atoms with van der Waals surface area (Å²) in [6.45, 7) is 0.568. The molecule has 2 aliphatic rings. The van der Waals surface area contributed by atoms with E-state index in [0.717, 1.165) is 22.0 Å². The quantitative estimate of drug-likeness (QED) is 0.890. The second kappa shape index (κ2) is 5.92. The third-order valence-corrected chi connectivity index (χ3v) is 4.96. The highest BCUT2D eigenvalue weighted by molar-refractivity contribution is 5.62. The van der Waals surface area contributed by atoms with Crippen LogP contribution in [0.5, 0.6) is 0 Å². The van der Waals surface area contributed by atoms with Gasteiger partial charge in [0.15, 0.2) is 0 Å². The molecule has 0 radical (unpaired) electrons. The molecule has 6 heteroatoms. The van der Waals surface area contributed by atoms with Crippen LogP contribution in [0, 0.1) is 17.2 Å². The van der Waals surface area contributed by atoms with Crippen LogP contribution in [0.25, 0.3) is 5.70 Å². The van der Waals surface area contributed by atoms with Gasteiger partial charge in [0.2, 0.25) is 0 Å². The lowest BCUT2D eigenvalue weighted by atomic mass is 9.96. The Kier molecular flexibility index (Phi) is 3.62. The van der Waals surface area contributed by atoms with Crippen molar-refractivity contribution in [2.75, 3.05) is 6.67 Å². The van der Waals surface area contributed by atoms with Crippen molar-refractivity contribution in [2.24, 2.45) is 10.9 Å². The number of rotatable bonds is 4. The van der Waals surface area contributed by atoms with Gasteiger partial charge in [0, 0.05) is 23.2 Å². The van der Waals surface area contributed by atoms with E-state index in [1.54, 1.807) is 0 Å². The number of nitriles is 1. The zero-order valence-corrected chi connectivity index (χ0v) is 13.0. The topological polar surface area (TPSA) is 81.8 Å². The second-order valence-electron chi connectivity index (χ2n) is 6.29. The summed E-state index contributed by atoms with van der Waals surface area (Å²) < 4.78 is 2.00. The smallest absolute Gasteiger partial charge is 0.136 e. The highest BCUT2D eigenvalue weighted by Gasteiger charge is 2.27. The molecule has 6 nitrogen and oxygen atoms in total. The van der Waals surface area contributed by atoms with E-state index >= 15 is 0 Å². The van der Waals surface area contributed by atoms with Crippen molar-refractivity contribution < 1.29 is 0 Å². The van der Waals surface area contributed by atoms with Crippen molar-refractivity contribution in [1.82, 2.24) is 20.1 Å². The molecule has 23 heavy (non-hydrogen) atoms. The third kappa shape index (κ3) is 2.52. The maximum absolute atomic E-state index is 9.19. The number of aromatic amines is 1. The zero-order chi connectivity index (χ0) is 15.6. The molecule has 0 saturated heterocycles. The predicted octanol–water partition coefficient (Wildman–Crippen LogP) is 1.19. The number of H-pyrrole nitrogens is 1. The highest BCUT2D eigenvalue weighted by Crippen LogP contribution is 2.35. The van der Waals surface area contributed by atoms with E-state index in [-0.39, 0.29) is 6.04 Å². The summed E-state index contributed by atoms with van der Waals surface area (Å²) in [5, 5.41) is 18.2. The zero-order valence-electron chi connectivity index (χ0n) is 13.0. The molecule has 0 unspecified atom stereocenters. The SMILES string of the molecule is N#CC[C@H](C1CCCC1)n1cc(C2=c3cc[nH]c3=NCN2)cn1. The standard InChI is InChI=1S/C17H20N6/c18-7-5-15(12-3-1-2-4-12)23-10-13(9-22-23)16-14-6-8-19-17(14)21-11-20-16/h6,8-10,12,15,20H,1-5,11H2,(H,19,21)/t15-/m1/s1. The second-order valence-corrected chi connectivity index (χ2v) is 6.29. The molecule has 1 saturated carbocycles. The van der Waals surface area contributed by atoms with Gasteiger partial charge in [-0.15, -0.1) is 0 Å². The minimum absolute atomic E-state index is 0.191. The molecule has 1 fully saturated rings. The highest BCUT2D eigenvalue weighted by atomic mass is 15.3. The van der Waals surface area contributed by atoms with Crippen LogP contribution in [0.4, 0.5) is 0 Å². The van der Waals surface area contributed by atoms with Gasteiger partial charge >= 0.3 is 0 Å². The van der Waals surface area contributed by atoms with Gasteiger partial charge in [-0.25, -0.2) is 4.99 Å². The molecular formula is C17H20N6. The number of hydrogen-bond donors (Lipinski definition) is 2. The first-order chi connectivity index (χ1) is 11.4. The molecule has 1 atom stereocenters. The van der Waals surface area contributed by atoms with Crippen LogP contribution in [-0.4, -0.2) is 21.4 Å². The molecule has 0 bridgehead atoms. The normalized spacial score (nSPS) is 18.8. The van der Waals surface area contributed by atoms with E-state index < -0.39 is 0 Å². The Hall–Kier alpha value is -2.55. The Morgan fingerprint density at radius 1 is 1.39 bits per heavy atom. The first-order valence-corrected chi connectivity index (χ1v) is 8.24. The number of nitrogens with zero attached hydrogens (tertiary/aromatic N) is 4. The summed E-state index contributed by atoms with van der Waals surface area (Å²) in [6.07, 6.45) is 11.4. The third-order valence-electron chi connectivity index (χ3n) is 4.96. The number of nitrogens with one attached hydrogen (secondary N) is 2. The molecule has 118 valence electrons. The fourth-order valence-corrected chi connectivity index (χ4v) is 3.80. The van der Waals surface area contributed by atoms with Crippen molar-refractivity contribution in [2.45, 2.75) is 38.1 Å². The van der Waals surface area contributed by atoms with E-state index in [1.807, 2.05) is 23.1 Å². The maximum atomic E-state index is 9.19. The van der Waals surface area contributed by atoms with Gasteiger partial charge in [-0.05, 0) is 24.8 Å². The Morgan fingerprint density at radius 3 is 3.09 bits per heavy atom. The molecule has 2 aromatic heterocycles. The number of aromatic nitrogens is 3. The fourth-order valence-electron chi connectivity index (χ4n) is 3.80.